The Morgan fingerprint density at radius 1 is 1.26 bits per heavy atom. The molecule has 1 amide bonds. The molecule has 0 aromatic heterocycles. The summed E-state index contributed by atoms with van der Waals surface area (Å²) in [6.45, 7) is 2.23. The van der Waals surface area contributed by atoms with Gasteiger partial charge in [0.2, 0.25) is 17.5 Å². The molecule has 19 heavy (non-hydrogen) atoms. The molecule has 0 bridgehead atoms. The first-order chi connectivity index (χ1) is 8.70. The van der Waals surface area contributed by atoms with E-state index in [4.69, 9.17) is 5.84 Å². The number of rotatable bonds is 4. The van der Waals surface area contributed by atoms with Crippen LogP contribution in [0.1, 0.15) is 13.8 Å². The number of ether oxygens (including phenoxy) is 1. The molecule has 106 valence electrons. The van der Waals surface area contributed by atoms with E-state index in [0.29, 0.717) is 0 Å². The van der Waals surface area contributed by atoms with Crippen molar-refractivity contribution in [3.8, 4) is 5.75 Å². The molecule has 3 N–H and O–H groups in total. The van der Waals surface area contributed by atoms with Gasteiger partial charge in [-0.2, -0.15) is 8.78 Å². The van der Waals surface area contributed by atoms with Crippen LogP contribution in [0.15, 0.2) is 6.07 Å². The van der Waals surface area contributed by atoms with Gasteiger partial charge in [-0.3, -0.25) is 10.2 Å². The molecule has 1 rings (SSSR count). The smallest absolute Gasteiger partial charge is 0.242 e. The van der Waals surface area contributed by atoms with E-state index in [0.717, 1.165) is 0 Å². The quantitative estimate of drug-likeness (QED) is 0.290. The molecule has 8 heteroatoms. The van der Waals surface area contributed by atoms with Crippen molar-refractivity contribution < 1.29 is 27.1 Å². The van der Waals surface area contributed by atoms with Crippen molar-refractivity contribution in [1.29, 1.82) is 0 Å². The van der Waals surface area contributed by atoms with Gasteiger partial charge < -0.3 is 4.74 Å². The third-order valence-electron chi connectivity index (χ3n) is 2.39. The number of amides is 1. The molecule has 0 aliphatic carbocycles. The highest BCUT2D eigenvalue weighted by atomic mass is 19.2. The molecule has 0 radical (unpaired) electrons. The van der Waals surface area contributed by atoms with Crippen LogP contribution in [0, 0.1) is 28.7 Å². The number of nitrogens with two attached hydrogens (primary N) is 1. The first kappa shape index (κ1) is 15.2. The molecule has 0 heterocycles. The zero-order chi connectivity index (χ0) is 14.8. The van der Waals surface area contributed by atoms with E-state index in [1.807, 2.05) is 5.43 Å². The molecule has 0 saturated heterocycles. The van der Waals surface area contributed by atoms with E-state index in [-0.39, 0.29) is 6.07 Å². The number of hydrogen-bond acceptors (Lipinski definition) is 3. The van der Waals surface area contributed by atoms with E-state index in [1.165, 1.54) is 13.8 Å². The van der Waals surface area contributed by atoms with E-state index in [1.54, 1.807) is 0 Å². The Balaban J connectivity index is 2.99. The molecule has 0 aliphatic heterocycles. The van der Waals surface area contributed by atoms with Gasteiger partial charge in [-0.1, -0.05) is 0 Å². The fourth-order valence-corrected chi connectivity index (χ4v) is 1.19. The fourth-order valence-electron chi connectivity index (χ4n) is 1.19. The molecule has 0 fully saturated rings. The highest BCUT2D eigenvalue weighted by Crippen LogP contribution is 2.28. The van der Waals surface area contributed by atoms with Crippen molar-refractivity contribution in [3.63, 3.8) is 0 Å². The summed E-state index contributed by atoms with van der Waals surface area (Å²) in [5, 5.41) is 0. The summed E-state index contributed by atoms with van der Waals surface area (Å²) in [5.74, 6) is -3.47. The van der Waals surface area contributed by atoms with Crippen LogP contribution in [0.3, 0.4) is 0 Å². The summed E-state index contributed by atoms with van der Waals surface area (Å²) in [6.07, 6.45) is 0. The lowest BCUT2D eigenvalue weighted by Gasteiger charge is -2.22. The summed E-state index contributed by atoms with van der Waals surface area (Å²) in [4.78, 5) is 11.3. The second kappa shape index (κ2) is 5.43. The third-order valence-corrected chi connectivity index (χ3v) is 2.39. The summed E-state index contributed by atoms with van der Waals surface area (Å²) < 4.78 is 57.0. The van der Waals surface area contributed by atoms with Gasteiger partial charge in [-0.15, -0.1) is 0 Å². The fraction of sp³-hybridized carbons (Fsp3) is 0.364. The van der Waals surface area contributed by atoms with E-state index < -0.39 is 46.9 Å². The second-order valence-electron chi connectivity index (χ2n) is 4.44. The van der Waals surface area contributed by atoms with Crippen LogP contribution in [0.2, 0.25) is 0 Å². The molecule has 0 unspecified atom stereocenters. The Hall–Kier alpha value is -1.83. The van der Waals surface area contributed by atoms with Crippen LogP contribution in [-0.2, 0) is 4.79 Å². The predicted molar refractivity (Wildman–Crippen MR) is 57.9 cm³/mol. The maximum absolute atomic E-state index is 13.3. The molecule has 0 atom stereocenters. The third kappa shape index (κ3) is 3.14. The average Bonchev–Trinajstić information content (AvgIpc) is 2.35. The largest absolute Gasteiger partial charge is 0.486 e. The normalized spacial score (nSPS) is 11.3. The van der Waals surface area contributed by atoms with Crippen molar-refractivity contribution in [2.45, 2.75) is 13.8 Å². The topological polar surface area (TPSA) is 64.3 Å². The molecule has 4 nitrogen and oxygen atoms in total. The van der Waals surface area contributed by atoms with Crippen LogP contribution >= 0.6 is 0 Å². The number of benzene rings is 1. The van der Waals surface area contributed by atoms with Crippen molar-refractivity contribution in [2.24, 2.45) is 11.3 Å². The molecule has 1 aromatic carbocycles. The molecule has 0 saturated carbocycles. The van der Waals surface area contributed by atoms with Crippen LogP contribution in [0.4, 0.5) is 17.6 Å². The minimum Gasteiger partial charge on any atom is -0.486 e. The van der Waals surface area contributed by atoms with Gasteiger partial charge in [-0.05, 0) is 13.8 Å². The Morgan fingerprint density at radius 3 is 2.16 bits per heavy atom. The van der Waals surface area contributed by atoms with Crippen molar-refractivity contribution in [2.75, 3.05) is 6.61 Å². The minimum atomic E-state index is -1.66. The zero-order valence-corrected chi connectivity index (χ0v) is 10.2. The van der Waals surface area contributed by atoms with Gasteiger partial charge in [-0.25, -0.2) is 14.6 Å². The molecular formula is C11H12F4N2O2. The van der Waals surface area contributed by atoms with Gasteiger partial charge >= 0.3 is 0 Å². The summed E-state index contributed by atoms with van der Waals surface area (Å²) in [5.41, 5.74) is 0.599. The number of carbonyl (C=O) groups is 1. The highest BCUT2D eigenvalue weighted by Gasteiger charge is 2.30. The monoisotopic (exact) mass is 280 g/mol. The van der Waals surface area contributed by atoms with Gasteiger partial charge in [0, 0.05) is 6.07 Å². The molecule has 0 spiro atoms. The van der Waals surface area contributed by atoms with Crippen molar-refractivity contribution >= 4 is 5.91 Å². The zero-order valence-electron chi connectivity index (χ0n) is 10.2. The molecule has 1 aromatic rings. The van der Waals surface area contributed by atoms with Crippen molar-refractivity contribution in [3.05, 3.63) is 29.3 Å². The number of hydrogen-bond donors (Lipinski definition) is 2. The van der Waals surface area contributed by atoms with Crippen LogP contribution in [-0.4, -0.2) is 12.5 Å². The highest BCUT2D eigenvalue weighted by molar-refractivity contribution is 5.81. The van der Waals surface area contributed by atoms with Gasteiger partial charge in [0.15, 0.2) is 17.4 Å². The summed E-state index contributed by atoms with van der Waals surface area (Å²) >= 11 is 0. The van der Waals surface area contributed by atoms with Crippen LogP contribution in [0.25, 0.3) is 0 Å². The summed E-state index contributed by atoms with van der Waals surface area (Å²) in [7, 11) is 0. The molecular weight excluding hydrogens is 268 g/mol. The SMILES string of the molecule is CC(C)(COc1c(F)c(F)cc(F)c1F)C(=O)NN. The van der Waals surface area contributed by atoms with Gasteiger partial charge in [0.25, 0.3) is 0 Å². The Labute approximate surface area is 106 Å². The van der Waals surface area contributed by atoms with Crippen molar-refractivity contribution in [1.82, 2.24) is 5.43 Å². The van der Waals surface area contributed by atoms with Crippen LogP contribution in [0.5, 0.6) is 5.75 Å². The lowest BCUT2D eigenvalue weighted by atomic mass is 9.94. The lowest BCUT2D eigenvalue weighted by molar-refractivity contribution is -0.130. The predicted octanol–water partition coefficient (Wildman–Crippen LogP) is 1.64. The van der Waals surface area contributed by atoms with E-state index >= 15 is 0 Å². The molecule has 0 aliphatic rings. The van der Waals surface area contributed by atoms with Crippen LogP contribution < -0.4 is 16.0 Å². The van der Waals surface area contributed by atoms with E-state index in [9.17, 15) is 22.4 Å². The summed E-state index contributed by atoms with van der Waals surface area (Å²) in [6, 6.07) is 0.0647. The van der Waals surface area contributed by atoms with Gasteiger partial charge in [0.05, 0.1) is 5.41 Å². The number of halogens is 4. The lowest BCUT2D eigenvalue weighted by Crippen LogP contribution is -2.44. The first-order valence-corrected chi connectivity index (χ1v) is 5.17. The Kier molecular flexibility index (Phi) is 4.35. The maximum Gasteiger partial charge on any atom is 0.242 e. The van der Waals surface area contributed by atoms with Gasteiger partial charge in [0.1, 0.15) is 6.61 Å². The number of hydrazine groups is 1. The average molecular weight is 280 g/mol. The second-order valence-corrected chi connectivity index (χ2v) is 4.44. The Morgan fingerprint density at radius 2 is 1.74 bits per heavy atom. The maximum atomic E-state index is 13.3. The number of nitrogens with one attached hydrogen (secondary N) is 1. The Bertz CT molecular complexity index is 480. The van der Waals surface area contributed by atoms with E-state index in [2.05, 4.69) is 4.74 Å². The number of carbonyl (C=O) groups excluding carboxylic acids is 1. The first-order valence-electron chi connectivity index (χ1n) is 5.17. The minimum absolute atomic E-state index is 0.0647. The standard InChI is InChI=1S/C11H12F4N2O2/c1-11(2,10(18)17-16)4-19-9-7(14)5(12)3-6(13)8(9)15/h3H,4,16H2,1-2H3,(H,17,18).